The van der Waals surface area contributed by atoms with Gasteiger partial charge in [-0.2, -0.15) is 0 Å². The van der Waals surface area contributed by atoms with Crippen LogP contribution in [0.5, 0.6) is 5.75 Å². The van der Waals surface area contributed by atoms with Crippen LogP contribution in [0.4, 0.5) is 4.79 Å². The van der Waals surface area contributed by atoms with Crippen molar-refractivity contribution in [3.05, 3.63) is 29.8 Å². The van der Waals surface area contributed by atoms with Crippen molar-refractivity contribution in [3.63, 3.8) is 0 Å². The summed E-state index contributed by atoms with van der Waals surface area (Å²) in [4.78, 5) is 23.8. The monoisotopic (exact) mass is 321 g/mol. The minimum Gasteiger partial charge on any atom is -0.494 e. The van der Waals surface area contributed by atoms with Gasteiger partial charge in [0.2, 0.25) is 5.91 Å². The lowest BCUT2D eigenvalue weighted by Gasteiger charge is -2.18. The molecule has 3 N–H and O–H groups in total. The van der Waals surface area contributed by atoms with E-state index in [1.54, 1.807) is 6.92 Å². The van der Waals surface area contributed by atoms with E-state index in [9.17, 15) is 9.59 Å². The summed E-state index contributed by atoms with van der Waals surface area (Å²) in [7, 11) is 0. The zero-order chi connectivity index (χ0) is 17.2. The predicted octanol–water partition coefficient (Wildman–Crippen LogP) is 2.19. The molecule has 128 valence electrons. The predicted molar refractivity (Wildman–Crippen MR) is 90.3 cm³/mol. The van der Waals surface area contributed by atoms with Crippen molar-refractivity contribution in [3.8, 4) is 5.75 Å². The summed E-state index contributed by atoms with van der Waals surface area (Å²) in [6, 6.07) is 6.64. The van der Waals surface area contributed by atoms with Gasteiger partial charge in [0.05, 0.1) is 6.61 Å². The molecule has 1 rings (SSSR count). The first kappa shape index (κ1) is 18.8. The number of hydrogen-bond donors (Lipinski definition) is 3. The van der Waals surface area contributed by atoms with Gasteiger partial charge in [-0.1, -0.05) is 25.1 Å². The van der Waals surface area contributed by atoms with Crippen LogP contribution in [0.15, 0.2) is 24.3 Å². The molecule has 0 radical (unpaired) electrons. The standard InChI is InChI=1S/C17H27N3O3/c1-5-12(3)19-16(21)13(4)20-17(22)18-11-14-9-7-8-10-15(14)23-6-2/h7-10,12-13H,5-6,11H2,1-4H3,(H,19,21)(H2,18,20,22)/t12-,13-/m0/s1. The number of benzene rings is 1. The normalized spacial score (nSPS) is 12.9. The molecule has 0 spiro atoms. The summed E-state index contributed by atoms with van der Waals surface area (Å²) in [6.45, 7) is 8.39. The Morgan fingerprint density at radius 1 is 1.13 bits per heavy atom. The Balaban J connectivity index is 2.46. The van der Waals surface area contributed by atoms with Crippen molar-refractivity contribution in [1.29, 1.82) is 0 Å². The molecule has 3 amide bonds. The molecule has 0 heterocycles. The highest BCUT2D eigenvalue weighted by Crippen LogP contribution is 2.17. The number of ether oxygens (including phenoxy) is 1. The van der Waals surface area contributed by atoms with E-state index in [1.165, 1.54) is 0 Å². The average molecular weight is 321 g/mol. The Morgan fingerprint density at radius 2 is 1.83 bits per heavy atom. The molecular formula is C17H27N3O3. The lowest BCUT2D eigenvalue weighted by Crippen LogP contribution is -2.50. The van der Waals surface area contributed by atoms with Crippen LogP contribution in [-0.2, 0) is 11.3 Å². The maximum atomic E-state index is 11.9. The number of carbonyl (C=O) groups excluding carboxylic acids is 2. The van der Waals surface area contributed by atoms with Crippen LogP contribution in [0, 0.1) is 0 Å². The number of nitrogens with one attached hydrogen (secondary N) is 3. The van der Waals surface area contributed by atoms with Crippen LogP contribution in [0.1, 0.15) is 39.7 Å². The highest BCUT2D eigenvalue weighted by molar-refractivity contribution is 5.86. The lowest BCUT2D eigenvalue weighted by atomic mass is 10.2. The molecule has 1 aromatic rings. The Hall–Kier alpha value is -2.24. The van der Waals surface area contributed by atoms with E-state index in [2.05, 4.69) is 16.0 Å². The highest BCUT2D eigenvalue weighted by Gasteiger charge is 2.16. The van der Waals surface area contributed by atoms with Gasteiger partial charge >= 0.3 is 6.03 Å². The Morgan fingerprint density at radius 3 is 2.48 bits per heavy atom. The van der Waals surface area contributed by atoms with Gasteiger partial charge in [0.15, 0.2) is 0 Å². The lowest BCUT2D eigenvalue weighted by molar-refractivity contribution is -0.123. The first-order valence-corrected chi connectivity index (χ1v) is 8.03. The van der Waals surface area contributed by atoms with Crippen molar-refractivity contribution in [1.82, 2.24) is 16.0 Å². The Bertz CT molecular complexity index is 520. The van der Waals surface area contributed by atoms with Crippen LogP contribution in [-0.4, -0.2) is 30.6 Å². The van der Waals surface area contributed by atoms with Gasteiger partial charge in [-0.25, -0.2) is 4.79 Å². The van der Waals surface area contributed by atoms with Crippen LogP contribution >= 0.6 is 0 Å². The minimum absolute atomic E-state index is 0.0906. The summed E-state index contributed by atoms with van der Waals surface area (Å²) >= 11 is 0. The second kappa shape index (κ2) is 9.71. The van der Waals surface area contributed by atoms with E-state index < -0.39 is 6.04 Å². The fourth-order valence-electron chi connectivity index (χ4n) is 1.90. The molecule has 0 saturated carbocycles. The molecule has 0 saturated heterocycles. The Kier molecular flexibility index (Phi) is 7.94. The molecule has 0 aliphatic heterocycles. The van der Waals surface area contributed by atoms with Crippen molar-refractivity contribution in [2.75, 3.05) is 6.61 Å². The third kappa shape index (κ3) is 6.59. The molecule has 0 aliphatic rings. The van der Waals surface area contributed by atoms with Crippen molar-refractivity contribution < 1.29 is 14.3 Å². The van der Waals surface area contributed by atoms with Crippen molar-refractivity contribution in [2.24, 2.45) is 0 Å². The topological polar surface area (TPSA) is 79.5 Å². The Labute approximate surface area is 138 Å². The van der Waals surface area contributed by atoms with Gasteiger partial charge < -0.3 is 20.7 Å². The third-order valence-corrected chi connectivity index (χ3v) is 3.45. The number of hydrogen-bond acceptors (Lipinski definition) is 3. The molecule has 0 aromatic heterocycles. The van der Waals surface area contributed by atoms with E-state index in [-0.39, 0.29) is 18.0 Å². The number of carbonyl (C=O) groups is 2. The number of rotatable bonds is 8. The molecule has 6 nitrogen and oxygen atoms in total. The number of para-hydroxylation sites is 1. The summed E-state index contributed by atoms with van der Waals surface area (Å²) in [5, 5.41) is 8.20. The molecule has 0 unspecified atom stereocenters. The number of urea groups is 1. The van der Waals surface area contributed by atoms with Gasteiger partial charge in [-0.3, -0.25) is 4.79 Å². The van der Waals surface area contributed by atoms with Gasteiger partial charge in [-0.05, 0) is 33.3 Å². The second-order valence-corrected chi connectivity index (χ2v) is 5.41. The van der Waals surface area contributed by atoms with Crippen LogP contribution in [0.2, 0.25) is 0 Å². The molecule has 0 fully saturated rings. The molecule has 23 heavy (non-hydrogen) atoms. The molecular weight excluding hydrogens is 294 g/mol. The largest absolute Gasteiger partial charge is 0.494 e. The van der Waals surface area contributed by atoms with Crippen LogP contribution in [0.25, 0.3) is 0 Å². The molecule has 2 atom stereocenters. The quantitative estimate of drug-likeness (QED) is 0.686. The average Bonchev–Trinajstić information content (AvgIpc) is 2.54. The minimum atomic E-state index is -0.592. The zero-order valence-corrected chi connectivity index (χ0v) is 14.3. The molecule has 0 aliphatic carbocycles. The van der Waals surface area contributed by atoms with Gasteiger partial charge in [0.25, 0.3) is 0 Å². The van der Waals surface area contributed by atoms with Gasteiger partial charge in [0, 0.05) is 18.2 Å². The maximum Gasteiger partial charge on any atom is 0.315 e. The fourth-order valence-corrected chi connectivity index (χ4v) is 1.90. The van der Waals surface area contributed by atoms with E-state index in [1.807, 2.05) is 45.0 Å². The van der Waals surface area contributed by atoms with Gasteiger partial charge in [0.1, 0.15) is 11.8 Å². The van der Waals surface area contributed by atoms with Crippen molar-refractivity contribution in [2.45, 2.75) is 52.7 Å². The maximum absolute atomic E-state index is 11.9. The third-order valence-electron chi connectivity index (χ3n) is 3.45. The van der Waals surface area contributed by atoms with E-state index in [4.69, 9.17) is 4.74 Å². The van der Waals surface area contributed by atoms with E-state index in [0.717, 1.165) is 17.7 Å². The van der Waals surface area contributed by atoms with Crippen molar-refractivity contribution >= 4 is 11.9 Å². The fraction of sp³-hybridized carbons (Fsp3) is 0.529. The highest BCUT2D eigenvalue weighted by atomic mass is 16.5. The van der Waals surface area contributed by atoms with E-state index in [0.29, 0.717) is 13.2 Å². The van der Waals surface area contributed by atoms with Gasteiger partial charge in [-0.15, -0.1) is 0 Å². The first-order valence-electron chi connectivity index (χ1n) is 8.03. The summed E-state index contributed by atoms with van der Waals surface area (Å²) in [5.41, 5.74) is 0.890. The number of amides is 3. The molecule has 0 bridgehead atoms. The smallest absolute Gasteiger partial charge is 0.315 e. The van der Waals surface area contributed by atoms with E-state index >= 15 is 0 Å². The van der Waals surface area contributed by atoms with Crippen LogP contribution < -0.4 is 20.7 Å². The van der Waals surface area contributed by atoms with Crippen LogP contribution in [0.3, 0.4) is 0 Å². The molecule has 1 aromatic carbocycles. The second-order valence-electron chi connectivity index (χ2n) is 5.41. The molecule has 6 heteroatoms. The first-order chi connectivity index (χ1) is 11.0. The summed E-state index contributed by atoms with van der Waals surface area (Å²) < 4.78 is 5.51. The zero-order valence-electron chi connectivity index (χ0n) is 14.3. The summed E-state index contributed by atoms with van der Waals surface area (Å²) in [6.07, 6.45) is 0.846. The summed E-state index contributed by atoms with van der Waals surface area (Å²) in [5.74, 6) is 0.557. The SMILES string of the molecule is CCOc1ccccc1CNC(=O)N[C@@H](C)C(=O)N[C@@H](C)CC.